The van der Waals surface area contributed by atoms with E-state index >= 15 is 0 Å². The molecule has 12 rings (SSSR count). The van der Waals surface area contributed by atoms with E-state index in [-0.39, 0.29) is 12.0 Å². The molecule has 2 atom stereocenters. The van der Waals surface area contributed by atoms with Crippen LogP contribution in [0.3, 0.4) is 0 Å². The molecule has 2 unspecified atom stereocenters. The summed E-state index contributed by atoms with van der Waals surface area (Å²) in [6.07, 6.45) is 8.78. The highest BCUT2D eigenvalue weighted by Gasteiger charge is 2.38. The fourth-order valence-corrected chi connectivity index (χ4v) is 9.60. The molecule has 1 aliphatic heterocycles. The molecule has 9 aromatic carbocycles. The number of benzene rings is 9. The number of hydrogen-bond donors (Lipinski definition) is 0. The third-order valence-corrected chi connectivity index (χ3v) is 11.9. The van der Waals surface area contributed by atoms with Gasteiger partial charge in [-0.3, -0.25) is 0 Å². The van der Waals surface area contributed by atoms with E-state index in [9.17, 15) is 0 Å². The predicted octanol–water partition coefficient (Wildman–Crippen LogP) is 13.7. The van der Waals surface area contributed by atoms with Gasteiger partial charge in [0.15, 0.2) is 0 Å². The smallest absolute Gasteiger partial charge is 0.148 e. The van der Waals surface area contributed by atoms with Crippen LogP contribution in [0.5, 0.6) is 5.75 Å². The van der Waals surface area contributed by atoms with Gasteiger partial charge in [0.05, 0.1) is 16.7 Å². The molecule has 0 saturated carbocycles. The molecule has 0 N–H and O–H groups in total. The van der Waals surface area contributed by atoms with Crippen LogP contribution >= 0.6 is 0 Å². The fraction of sp³-hybridized carbons (Fsp3) is 0.0385. The lowest BCUT2D eigenvalue weighted by atomic mass is 9.81. The van der Waals surface area contributed by atoms with Gasteiger partial charge in [0.2, 0.25) is 0 Å². The summed E-state index contributed by atoms with van der Waals surface area (Å²) < 4.78 is 9.55. The first kappa shape index (κ1) is 29.7. The lowest BCUT2D eigenvalue weighted by Gasteiger charge is -2.22. The third-order valence-electron chi connectivity index (χ3n) is 11.9. The zero-order valence-corrected chi connectivity index (χ0v) is 29.4. The number of rotatable bonds is 3. The summed E-state index contributed by atoms with van der Waals surface area (Å²) in [7, 11) is 0. The van der Waals surface area contributed by atoms with Gasteiger partial charge in [-0.2, -0.15) is 0 Å². The maximum absolute atomic E-state index is 7.12. The van der Waals surface area contributed by atoms with Crippen molar-refractivity contribution in [3.05, 3.63) is 194 Å². The van der Waals surface area contributed by atoms with Gasteiger partial charge in [-0.1, -0.05) is 158 Å². The van der Waals surface area contributed by atoms with Crippen molar-refractivity contribution in [1.82, 2.24) is 4.57 Å². The van der Waals surface area contributed by atoms with Gasteiger partial charge in [-0.25, -0.2) is 0 Å². The second kappa shape index (κ2) is 11.3. The van der Waals surface area contributed by atoms with Gasteiger partial charge in [0.25, 0.3) is 0 Å². The number of allylic oxidation sites excluding steroid dienone is 2. The van der Waals surface area contributed by atoms with Gasteiger partial charge in [0, 0.05) is 22.3 Å². The first-order valence-electron chi connectivity index (χ1n) is 18.8. The first-order valence-corrected chi connectivity index (χ1v) is 18.8. The number of fused-ring (bicyclic) bond motifs is 10. The van der Waals surface area contributed by atoms with Crippen molar-refractivity contribution in [3.63, 3.8) is 0 Å². The van der Waals surface area contributed by atoms with Crippen LogP contribution in [-0.4, -0.2) is 10.7 Å². The summed E-state index contributed by atoms with van der Waals surface area (Å²) in [5.74, 6) is 1.05. The van der Waals surface area contributed by atoms with Crippen molar-refractivity contribution in [2.45, 2.75) is 12.0 Å². The van der Waals surface area contributed by atoms with E-state index < -0.39 is 0 Å². The van der Waals surface area contributed by atoms with Crippen LogP contribution in [0.2, 0.25) is 0 Å². The molecule has 0 bridgehead atoms. The number of nitrogens with zero attached hydrogens (tertiary/aromatic N) is 1. The minimum absolute atomic E-state index is 0.0775. The number of para-hydroxylation sites is 1. The van der Waals surface area contributed by atoms with Crippen LogP contribution in [0, 0.1) is 0 Å². The molecular weight excluding hydrogens is 655 g/mol. The largest absolute Gasteiger partial charge is 0.483 e. The standard InChI is InChI=1S/C52H33NO/c1-2-16-34-31-47-44(30-33(34)15-1)36-19-9-11-26-45(36)53(47)46-29-28-43(51-42-24-10-12-27-48(42)54-52(46)51)50-40-22-7-5-20-38(40)49(39-21-6-8-23-41(39)50)37-25-13-17-32-14-3-4-18-35(32)37/h1-31,42,48H. The van der Waals surface area contributed by atoms with Crippen LogP contribution in [0.25, 0.3) is 92.8 Å². The highest BCUT2D eigenvalue weighted by atomic mass is 16.5. The van der Waals surface area contributed by atoms with Crippen molar-refractivity contribution < 1.29 is 4.74 Å². The van der Waals surface area contributed by atoms with E-state index in [4.69, 9.17) is 4.74 Å². The molecule has 2 heteroatoms. The first-order chi connectivity index (χ1) is 26.8. The molecule has 0 amide bonds. The zero-order valence-electron chi connectivity index (χ0n) is 29.4. The molecule has 252 valence electrons. The van der Waals surface area contributed by atoms with Crippen LogP contribution < -0.4 is 4.74 Å². The summed E-state index contributed by atoms with van der Waals surface area (Å²) in [5.41, 5.74) is 9.71. The third kappa shape index (κ3) is 4.11. The average Bonchev–Trinajstić information content (AvgIpc) is 3.78. The van der Waals surface area contributed by atoms with E-state index in [1.54, 1.807) is 0 Å². The minimum atomic E-state index is -0.0775. The highest BCUT2D eigenvalue weighted by Crippen LogP contribution is 2.54. The Kier molecular flexibility index (Phi) is 6.20. The van der Waals surface area contributed by atoms with Crippen molar-refractivity contribution in [3.8, 4) is 33.7 Å². The second-order valence-electron chi connectivity index (χ2n) is 14.7. The zero-order chi connectivity index (χ0) is 35.3. The van der Waals surface area contributed by atoms with E-state index in [1.807, 2.05) is 0 Å². The fourth-order valence-electron chi connectivity index (χ4n) is 9.60. The van der Waals surface area contributed by atoms with Crippen molar-refractivity contribution in [2.75, 3.05) is 0 Å². The Morgan fingerprint density at radius 1 is 0.407 bits per heavy atom. The summed E-state index contributed by atoms with van der Waals surface area (Å²) in [4.78, 5) is 0. The molecule has 2 aliphatic rings. The Bertz CT molecular complexity index is 3210. The molecule has 10 aromatic rings. The number of ether oxygens (including phenoxy) is 1. The maximum atomic E-state index is 7.12. The molecule has 0 fully saturated rings. The quantitative estimate of drug-likeness (QED) is 0.169. The minimum Gasteiger partial charge on any atom is -0.483 e. The van der Waals surface area contributed by atoms with Crippen LogP contribution in [0.15, 0.2) is 188 Å². The van der Waals surface area contributed by atoms with Gasteiger partial charge >= 0.3 is 0 Å². The Morgan fingerprint density at radius 2 is 0.981 bits per heavy atom. The molecule has 2 nitrogen and oxygen atoms in total. The van der Waals surface area contributed by atoms with Crippen molar-refractivity contribution in [1.29, 1.82) is 0 Å². The Hall–Kier alpha value is -6.90. The number of hydrogen-bond acceptors (Lipinski definition) is 1. The monoisotopic (exact) mass is 687 g/mol. The van der Waals surface area contributed by atoms with E-state index in [2.05, 4.69) is 193 Å². The molecular formula is C52H33NO. The summed E-state index contributed by atoms with van der Waals surface area (Å²) >= 11 is 0. The summed E-state index contributed by atoms with van der Waals surface area (Å²) in [5, 5.41) is 12.5. The van der Waals surface area contributed by atoms with E-state index in [1.165, 1.54) is 92.7 Å². The molecule has 0 radical (unpaired) electrons. The molecule has 1 aromatic heterocycles. The highest BCUT2D eigenvalue weighted by molar-refractivity contribution is 6.24. The second-order valence-corrected chi connectivity index (χ2v) is 14.7. The Labute approximate surface area is 312 Å². The molecule has 0 spiro atoms. The number of aromatic nitrogens is 1. The van der Waals surface area contributed by atoms with Gasteiger partial charge in [-0.15, -0.1) is 0 Å². The lowest BCUT2D eigenvalue weighted by molar-refractivity contribution is 0.268. The van der Waals surface area contributed by atoms with Gasteiger partial charge < -0.3 is 9.30 Å². The maximum Gasteiger partial charge on any atom is 0.148 e. The van der Waals surface area contributed by atoms with Crippen LogP contribution in [-0.2, 0) is 0 Å². The van der Waals surface area contributed by atoms with Crippen LogP contribution in [0.4, 0.5) is 0 Å². The van der Waals surface area contributed by atoms with Gasteiger partial charge in [-0.05, 0) is 95.7 Å². The Morgan fingerprint density at radius 3 is 1.72 bits per heavy atom. The normalized spacial score (nSPS) is 16.1. The lowest BCUT2D eigenvalue weighted by Crippen LogP contribution is -2.16. The summed E-state index contributed by atoms with van der Waals surface area (Å²) in [6, 6.07) is 60.3. The van der Waals surface area contributed by atoms with E-state index in [0.29, 0.717) is 0 Å². The van der Waals surface area contributed by atoms with Gasteiger partial charge in [0.1, 0.15) is 11.9 Å². The van der Waals surface area contributed by atoms with Crippen molar-refractivity contribution in [2.24, 2.45) is 0 Å². The molecule has 54 heavy (non-hydrogen) atoms. The SMILES string of the molecule is C1=CC2Oc3c(-n4c5ccccc5c5cc6ccccc6cc54)ccc(-c4c5ccccc5c(-c5cccc6ccccc56)c5ccccc45)c3C2C=C1. The van der Waals surface area contributed by atoms with Crippen LogP contribution in [0.1, 0.15) is 11.5 Å². The average molecular weight is 688 g/mol. The van der Waals surface area contributed by atoms with E-state index in [0.717, 1.165) is 11.4 Å². The molecule has 1 aliphatic carbocycles. The Balaban J connectivity index is 1.19. The van der Waals surface area contributed by atoms with Crippen molar-refractivity contribution >= 4 is 64.9 Å². The molecule has 0 saturated heterocycles. The topological polar surface area (TPSA) is 14.2 Å². The molecule has 2 heterocycles. The predicted molar refractivity (Wildman–Crippen MR) is 227 cm³/mol. The summed E-state index contributed by atoms with van der Waals surface area (Å²) in [6.45, 7) is 0.